The number of halogens is 1. The SMILES string of the molecule is Cc1cc(-c2cc(S(C)(=O)=O)ccc2Oc2ccc(Cl)cc2)c(C(=O)O)cc1C(=O)O. The number of carboxylic acid groups (broad SMARTS) is 2. The number of carboxylic acids is 2. The van der Waals surface area contributed by atoms with Crippen LogP contribution in [0.1, 0.15) is 26.3 Å². The van der Waals surface area contributed by atoms with E-state index in [2.05, 4.69) is 0 Å². The Labute approximate surface area is 183 Å². The van der Waals surface area contributed by atoms with Gasteiger partial charge in [-0.1, -0.05) is 11.6 Å². The maximum Gasteiger partial charge on any atom is 0.336 e. The van der Waals surface area contributed by atoms with Gasteiger partial charge < -0.3 is 14.9 Å². The van der Waals surface area contributed by atoms with Crippen LogP contribution in [0.25, 0.3) is 11.1 Å². The molecule has 7 nitrogen and oxygen atoms in total. The molecule has 31 heavy (non-hydrogen) atoms. The van der Waals surface area contributed by atoms with E-state index in [0.717, 1.165) is 12.3 Å². The highest BCUT2D eigenvalue weighted by Crippen LogP contribution is 2.38. The van der Waals surface area contributed by atoms with Crippen LogP contribution in [0, 0.1) is 6.92 Å². The molecule has 0 saturated heterocycles. The van der Waals surface area contributed by atoms with E-state index in [1.54, 1.807) is 24.3 Å². The Morgan fingerprint density at radius 1 is 0.871 bits per heavy atom. The molecule has 0 unspecified atom stereocenters. The maximum absolute atomic E-state index is 12.1. The highest BCUT2D eigenvalue weighted by molar-refractivity contribution is 7.90. The van der Waals surface area contributed by atoms with E-state index in [1.165, 1.54) is 31.2 Å². The molecule has 0 spiro atoms. The van der Waals surface area contributed by atoms with Crippen LogP contribution in [-0.4, -0.2) is 36.8 Å². The summed E-state index contributed by atoms with van der Waals surface area (Å²) in [7, 11) is -3.61. The lowest BCUT2D eigenvalue weighted by Gasteiger charge is -2.16. The van der Waals surface area contributed by atoms with Crippen molar-refractivity contribution in [3.63, 3.8) is 0 Å². The van der Waals surface area contributed by atoms with Crippen molar-refractivity contribution in [1.29, 1.82) is 0 Å². The number of sulfone groups is 1. The zero-order valence-corrected chi connectivity index (χ0v) is 18.0. The van der Waals surface area contributed by atoms with E-state index in [9.17, 15) is 28.2 Å². The van der Waals surface area contributed by atoms with E-state index in [-0.39, 0.29) is 32.9 Å². The van der Waals surface area contributed by atoms with Crippen molar-refractivity contribution in [2.45, 2.75) is 11.8 Å². The number of ether oxygens (including phenoxy) is 1. The molecule has 3 aromatic rings. The molecule has 0 bridgehead atoms. The Balaban J connectivity index is 2.29. The van der Waals surface area contributed by atoms with Crippen molar-refractivity contribution in [2.24, 2.45) is 0 Å². The summed E-state index contributed by atoms with van der Waals surface area (Å²) in [6.45, 7) is 1.53. The minimum atomic E-state index is -3.61. The van der Waals surface area contributed by atoms with Gasteiger partial charge in [0, 0.05) is 22.4 Å². The number of carbonyl (C=O) groups is 2. The van der Waals surface area contributed by atoms with Gasteiger partial charge in [0.2, 0.25) is 0 Å². The van der Waals surface area contributed by atoms with Crippen LogP contribution in [0.2, 0.25) is 5.02 Å². The summed E-state index contributed by atoms with van der Waals surface area (Å²) in [5.41, 5.74) is 0.171. The van der Waals surface area contributed by atoms with E-state index < -0.39 is 21.8 Å². The molecule has 2 N–H and O–H groups in total. The van der Waals surface area contributed by atoms with Gasteiger partial charge in [0.25, 0.3) is 0 Å². The van der Waals surface area contributed by atoms with Gasteiger partial charge in [0.1, 0.15) is 11.5 Å². The lowest BCUT2D eigenvalue weighted by Crippen LogP contribution is -2.07. The lowest BCUT2D eigenvalue weighted by molar-refractivity contribution is 0.0695. The van der Waals surface area contributed by atoms with Crippen LogP contribution in [0.15, 0.2) is 59.5 Å². The number of hydrogen-bond donors (Lipinski definition) is 2. The monoisotopic (exact) mass is 460 g/mol. The summed E-state index contributed by atoms with van der Waals surface area (Å²) in [6.07, 6.45) is 1.03. The van der Waals surface area contributed by atoms with Crippen LogP contribution in [0.5, 0.6) is 11.5 Å². The third-order valence-corrected chi connectivity index (χ3v) is 5.90. The second-order valence-electron chi connectivity index (χ2n) is 6.81. The number of aromatic carboxylic acids is 2. The molecule has 3 rings (SSSR count). The minimum absolute atomic E-state index is 0.0396. The fourth-order valence-electron chi connectivity index (χ4n) is 3.01. The fourth-order valence-corrected chi connectivity index (χ4v) is 3.78. The van der Waals surface area contributed by atoms with E-state index in [0.29, 0.717) is 16.3 Å². The normalized spacial score (nSPS) is 11.2. The Hall–Kier alpha value is -3.36. The van der Waals surface area contributed by atoms with Crippen molar-refractivity contribution in [3.05, 3.63) is 76.3 Å². The molecule has 0 amide bonds. The Morgan fingerprint density at radius 2 is 1.48 bits per heavy atom. The quantitative estimate of drug-likeness (QED) is 0.536. The molecular weight excluding hydrogens is 444 g/mol. The molecule has 160 valence electrons. The van der Waals surface area contributed by atoms with Crippen LogP contribution in [0.3, 0.4) is 0 Å². The van der Waals surface area contributed by atoms with Gasteiger partial charge in [0.15, 0.2) is 9.84 Å². The number of benzene rings is 3. The molecular formula is C22H17ClO7S. The largest absolute Gasteiger partial charge is 0.478 e. The minimum Gasteiger partial charge on any atom is -0.478 e. The second-order valence-corrected chi connectivity index (χ2v) is 9.26. The number of aryl methyl sites for hydroxylation is 1. The smallest absolute Gasteiger partial charge is 0.336 e. The molecule has 0 saturated carbocycles. The average molecular weight is 461 g/mol. The molecule has 0 aliphatic heterocycles. The van der Waals surface area contributed by atoms with Gasteiger partial charge in [-0.3, -0.25) is 0 Å². The molecule has 0 atom stereocenters. The molecule has 0 aliphatic rings. The van der Waals surface area contributed by atoms with Crippen molar-refractivity contribution in [1.82, 2.24) is 0 Å². The molecule has 0 heterocycles. The third kappa shape index (κ3) is 4.87. The van der Waals surface area contributed by atoms with Crippen molar-refractivity contribution in [2.75, 3.05) is 6.26 Å². The summed E-state index contributed by atoms with van der Waals surface area (Å²) in [6, 6.07) is 12.9. The van der Waals surface area contributed by atoms with Gasteiger partial charge in [-0.05, 0) is 67.1 Å². The van der Waals surface area contributed by atoms with Crippen LogP contribution >= 0.6 is 11.6 Å². The van der Waals surface area contributed by atoms with Gasteiger partial charge in [-0.15, -0.1) is 0 Å². The average Bonchev–Trinajstić information content (AvgIpc) is 2.68. The Bertz CT molecular complexity index is 1300. The number of hydrogen-bond acceptors (Lipinski definition) is 5. The molecule has 3 aromatic carbocycles. The molecule has 9 heteroatoms. The van der Waals surface area contributed by atoms with E-state index >= 15 is 0 Å². The van der Waals surface area contributed by atoms with Crippen LogP contribution < -0.4 is 4.74 Å². The first-order chi connectivity index (χ1) is 14.5. The van der Waals surface area contributed by atoms with E-state index in [1.807, 2.05) is 0 Å². The summed E-state index contributed by atoms with van der Waals surface area (Å²) in [4.78, 5) is 23.3. The first-order valence-corrected chi connectivity index (χ1v) is 11.1. The van der Waals surface area contributed by atoms with Gasteiger partial charge in [0.05, 0.1) is 16.0 Å². The molecule has 0 aromatic heterocycles. The highest BCUT2D eigenvalue weighted by atomic mass is 35.5. The summed E-state index contributed by atoms with van der Waals surface area (Å²) < 4.78 is 30.1. The molecule has 0 aliphatic carbocycles. The third-order valence-electron chi connectivity index (χ3n) is 4.54. The predicted octanol–water partition coefficient (Wildman–Crippen LogP) is 4.91. The Kier molecular flexibility index (Phi) is 6.06. The predicted molar refractivity (Wildman–Crippen MR) is 115 cm³/mol. The van der Waals surface area contributed by atoms with Gasteiger partial charge in [-0.2, -0.15) is 0 Å². The summed E-state index contributed by atoms with van der Waals surface area (Å²) >= 11 is 5.89. The fraction of sp³-hybridized carbons (Fsp3) is 0.0909. The lowest BCUT2D eigenvalue weighted by atomic mass is 9.93. The summed E-state index contributed by atoms with van der Waals surface area (Å²) in [5, 5.41) is 19.5. The van der Waals surface area contributed by atoms with Crippen molar-refractivity contribution in [3.8, 4) is 22.6 Å². The van der Waals surface area contributed by atoms with Crippen LogP contribution in [-0.2, 0) is 9.84 Å². The first kappa shape index (κ1) is 22.3. The first-order valence-electron chi connectivity index (χ1n) is 8.86. The molecule has 0 radical (unpaired) electrons. The van der Waals surface area contributed by atoms with E-state index in [4.69, 9.17) is 16.3 Å². The summed E-state index contributed by atoms with van der Waals surface area (Å²) in [5.74, 6) is -2.04. The number of rotatable bonds is 6. The van der Waals surface area contributed by atoms with Crippen molar-refractivity contribution < 1.29 is 33.0 Å². The zero-order chi connectivity index (χ0) is 22.9. The molecule has 0 fully saturated rings. The van der Waals surface area contributed by atoms with Gasteiger partial charge in [-0.25, -0.2) is 18.0 Å². The second kappa shape index (κ2) is 8.41. The highest BCUT2D eigenvalue weighted by Gasteiger charge is 2.22. The zero-order valence-electron chi connectivity index (χ0n) is 16.4. The topological polar surface area (TPSA) is 118 Å². The Morgan fingerprint density at radius 3 is 2.03 bits per heavy atom. The van der Waals surface area contributed by atoms with Crippen molar-refractivity contribution >= 4 is 33.4 Å². The van der Waals surface area contributed by atoms with Gasteiger partial charge >= 0.3 is 11.9 Å². The van der Waals surface area contributed by atoms with Crippen LogP contribution in [0.4, 0.5) is 0 Å². The maximum atomic E-state index is 12.1. The standard InChI is InChI=1S/C22H17ClO7S/c1-12-9-17(19(22(26)27)11-16(12)21(24)25)18-10-15(31(2,28)29)7-8-20(18)30-14-5-3-13(23)4-6-14/h3-11H,1-2H3,(H,24,25)(H,26,27).